The van der Waals surface area contributed by atoms with Crippen molar-refractivity contribution in [2.75, 3.05) is 0 Å². The van der Waals surface area contributed by atoms with Crippen LogP contribution in [0.5, 0.6) is 23.0 Å². The first kappa shape index (κ1) is 22.1. The van der Waals surface area contributed by atoms with Crippen molar-refractivity contribution >= 4 is 24.3 Å². The lowest BCUT2D eigenvalue weighted by molar-refractivity contribution is 0.449. The summed E-state index contributed by atoms with van der Waals surface area (Å²) >= 11 is 0. The topological polar surface area (TPSA) is 107 Å². The highest BCUT2D eigenvalue weighted by Crippen LogP contribution is 2.22. The quantitative estimate of drug-likeness (QED) is 0.352. The first-order valence-corrected chi connectivity index (χ1v) is 9.71. The fourth-order valence-corrected chi connectivity index (χ4v) is 2.75. The number of aromatic hydroxyl groups is 4. The number of pyridine rings is 2. The highest BCUT2D eigenvalue weighted by Gasteiger charge is 1.96. The van der Waals surface area contributed by atoms with E-state index in [9.17, 15) is 20.4 Å². The van der Waals surface area contributed by atoms with Crippen LogP contribution in [0.2, 0.25) is 0 Å². The van der Waals surface area contributed by atoms with Crippen LogP contribution < -0.4 is 0 Å². The lowest BCUT2D eigenvalue weighted by Gasteiger charge is -1.98. The molecule has 0 fully saturated rings. The Balaban J connectivity index is 0.000000181. The lowest BCUT2D eigenvalue weighted by Crippen LogP contribution is -1.77. The molecule has 0 aliphatic rings. The molecule has 4 rings (SSSR count). The minimum absolute atomic E-state index is 0.0423. The van der Waals surface area contributed by atoms with Crippen LogP contribution in [-0.2, 0) is 0 Å². The van der Waals surface area contributed by atoms with Crippen molar-refractivity contribution in [3.63, 3.8) is 0 Å². The van der Waals surface area contributed by atoms with E-state index in [-0.39, 0.29) is 23.0 Å². The Kier molecular flexibility index (Phi) is 7.59. The summed E-state index contributed by atoms with van der Waals surface area (Å²) in [7, 11) is 0. The Labute approximate surface area is 185 Å². The molecular weight excluding hydrogens is 404 g/mol. The van der Waals surface area contributed by atoms with Crippen molar-refractivity contribution in [1.82, 2.24) is 9.97 Å². The van der Waals surface area contributed by atoms with E-state index in [1.807, 2.05) is 48.6 Å². The Hall–Kier alpha value is -4.58. The van der Waals surface area contributed by atoms with Gasteiger partial charge < -0.3 is 20.4 Å². The largest absolute Gasteiger partial charge is 0.508 e. The molecule has 4 N–H and O–H groups in total. The number of hydrogen-bond donors (Lipinski definition) is 4. The zero-order valence-corrected chi connectivity index (χ0v) is 17.1. The van der Waals surface area contributed by atoms with Crippen LogP contribution in [0.1, 0.15) is 22.4 Å². The van der Waals surface area contributed by atoms with E-state index in [0.717, 1.165) is 22.4 Å². The van der Waals surface area contributed by atoms with E-state index in [0.29, 0.717) is 0 Å². The lowest BCUT2D eigenvalue weighted by atomic mass is 10.1. The van der Waals surface area contributed by atoms with Gasteiger partial charge in [-0.2, -0.15) is 0 Å². The highest BCUT2D eigenvalue weighted by molar-refractivity contribution is 5.71. The maximum Gasteiger partial charge on any atom is 0.119 e. The van der Waals surface area contributed by atoms with E-state index < -0.39 is 0 Å². The first-order chi connectivity index (χ1) is 15.5. The third kappa shape index (κ3) is 7.35. The number of aromatic nitrogens is 2. The molecule has 0 aliphatic carbocycles. The second-order valence-electron chi connectivity index (χ2n) is 6.77. The highest BCUT2D eigenvalue weighted by atomic mass is 16.3. The Morgan fingerprint density at radius 2 is 1.00 bits per heavy atom. The maximum atomic E-state index is 9.29. The zero-order valence-electron chi connectivity index (χ0n) is 17.1. The van der Waals surface area contributed by atoms with Gasteiger partial charge in [0.25, 0.3) is 0 Å². The molecule has 0 bridgehead atoms. The van der Waals surface area contributed by atoms with Crippen molar-refractivity contribution in [3.05, 3.63) is 108 Å². The summed E-state index contributed by atoms with van der Waals surface area (Å²) in [6.07, 6.45) is 12.4. The summed E-state index contributed by atoms with van der Waals surface area (Å²) in [5.41, 5.74) is 3.31. The number of benzene rings is 2. The normalized spacial score (nSPS) is 10.8. The zero-order chi connectivity index (χ0) is 22.8. The van der Waals surface area contributed by atoms with E-state index in [4.69, 9.17) is 0 Å². The van der Waals surface area contributed by atoms with Crippen LogP contribution >= 0.6 is 0 Å². The minimum atomic E-state index is 0.0423. The smallest absolute Gasteiger partial charge is 0.119 e. The van der Waals surface area contributed by atoms with Crippen LogP contribution in [-0.4, -0.2) is 30.4 Å². The molecule has 6 heteroatoms. The summed E-state index contributed by atoms with van der Waals surface area (Å²) in [5.74, 6) is 0.185. The van der Waals surface area contributed by atoms with Gasteiger partial charge in [-0.1, -0.05) is 24.3 Å². The van der Waals surface area contributed by atoms with Crippen LogP contribution in [0.15, 0.2) is 85.3 Å². The minimum Gasteiger partial charge on any atom is -0.508 e. The molecule has 0 saturated heterocycles. The molecule has 4 aromatic rings. The maximum absolute atomic E-state index is 9.29. The predicted molar refractivity (Wildman–Crippen MR) is 126 cm³/mol. The van der Waals surface area contributed by atoms with Gasteiger partial charge in [0.2, 0.25) is 0 Å². The second kappa shape index (κ2) is 11.0. The molecule has 0 saturated carbocycles. The molecule has 2 aromatic heterocycles. The molecule has 0 radical (unpaired) electrons. The molecule has 0 aliphatic heterocycles. The molecule has 0 unspecified atom stereocenters. The summed E-state index contributed by atoms with van der Waals surface area (Å²) < 4.78 is 0. The van der Waals surface area contributed by atoms with Gasteiger partial charge in [-0.05, 0) is 71.3 Å². The number of rotatable bonds is 4. The molecule has 0 atom stereocenters. The monoisotopic (exact) mass is 426 g/mol. The fourth-order valence-electron chi connectivity index (χ4n) is 2.75. The van der Waals surface area contributed by atoms with Crippen LogP contribution in [0.4, 0.5) is 0 Å². The average Bonchev–Trinajstić information content (AvgIpc) is 2.77. The Morgan fingerprint density at radius 1 is 0.500 bits per heavy atom. The summed E-state index contributed by atoms with van der Waals surface area (Å²) in [6, 6.07) is 18.2. The Bertz CT molecular complexity index is 1070. The van der Waals surface area contributed by atoms with Crippen LogP contribution in [0.3, 0.4) is 0 Å². The fraction of sp³-hybridized carbons (Fsp3) is 0. The standard InChI is InChI=1S/2C13H11NO2/c15-12-7-11(8-13(16)9-12)2-1-10-3-5-14-6-4-10;15-12-7-10(8-13(16)9-12)4-5-11-3-1-2-6-14-11/h2*1-9,15-16H/b2-1+;5-4+. The molecule has 6 nitrogen and oxygen atoms in total. The molecule has 2 aromatic carbocycles. The third-order valence-corrected chi connectivity index (χ3v) is 4.16. The van der Waals surface area contributed by atoms with Gasteiger partial charge in [-0.25, -0.2) is 0 Å². The van der Waals surface area contributed by atoms with Crippen molar-refractivity contribution in [2.24, 2.45) is 0 Å². The Morgan fingerprint density at radius 3 is 1.50 bits per heavy atom. The van der Waals surface area contributed by atoms with Crippen LogP contribution in [0.25, 0.3) is 24.3 Å². The van der Waals surface area contributed by atoms with Crippen molar-refractivity contribution in [2.45, 2.75) is 0 Å². The van der Waals surface area contributed by atoms with Crippen molar-refractivity contribution in [3.8, 4) is 23.0 Å². The number of phenolic OH excluding ortho intramolecular Hbond substituents is 4. The summed E-state index contributed by atoms with van der Waals surface area (Å²) in [6.45, 7) is 0. The van der Waals surface area contributed by atoms with E-state index >= 15 is 0 Å². The van der Waals surface area contributed by atoms with Gasteiger partial charge in [0.15, 0.2) is 0 Å². The summed E-state index contributed by atoms with van der Waals surface area (Å²) in [5, 5.41) is 37.1. The van der Waals surface area contributed by atoms with Crippen LogP contribution in [0, 0.1) is 0 Å². The second-order valence-corrected chi connectivity index (χ2v) is 6.77. The SMILES string of the molecule is Oc1cc(O)cc(/C=C/c2ccccn2)c1.Oc1cc(O)cc(/C=C/c2ccncc2)c1. The molecule has 2 heterocycles. The summed E-state index contributed by atoms with van der Waals surface area (Å²) in [4.78, 5) is 8.04. The first-order valence-electron chi connectivity index (χ1n) is 9.71. The van der Waals surface area contributed by atoms with E-state index in [1.165, 1.54) is 12.1 Å². The van der Waals surface area contributed by atoms with Crippen molar-refractivity contribution < 1.29 is 20.4 Å². The average molecular weight is 426 g/mol. The van der Waals surface area contributed by atoms with Gasteiger partial charge in [0.1, 0.15) is 23.0 Å². The number of phenols is 4. The molecule has 32 heavy (non-hydrogen) atoms. The van der Waals surface area contributed by atoms with Crippen molar-refractivity contribution in [1.29, 1.82) is 0 Å². The van der Waals surface area contributed by atoms with E-state index in [1.54, 1.807) is 48.9 Å². The number of nitrogens with zero attached hydrogens (tertiary/aromatic N) is 2. The van der Waals surface area contributed by atoms with Gasteiger partial charge >= 0.3 is 0 Å². The third-order valence-electron chi connectivity index (χ3n) is 4.16. The predicted octanol–water partition coefficient (Wildman–Crippen LogP) is 5.33. The van der Waals surface area contributed by atoms with Gasteiger partial charge in [0.05, 0.1) is 5.69 Å². The molecule has 160 valence electrons. The molecule has 0 amide bonds. The molecule has 0 spiro atoms. The van der Waals surface area contributed by atoms with Gasteiger partial charge in [-0.3, -0.25) is 9.97 Å². The van der Waals surface area contributed by atoms with Gasteiger partial charge in [-0.15, -0.1) is 0 Å². The number of hydrogen-bond acceptors (Lipinski definition) is 6. The molecular formula is C26H22N2O4. The van der Waals surface area contributed by atoms with E-state index in [2.05, 4.69) is 9.97 Å². The van der Waals surface area contributed by atoms with Gasteiger partial charge in [0, 0.05) is 30.7 Å².